The molecular formula is C20H28N4O. The lowest BCUT2D eigenvalue weighted by Crippen LogP contribution is -2.34. The first-order chi connectivity index (χ1) is 12.0. The second kappa shape index (κ2) is 6.13. The fourth-order valence-corrected chi connectivity index (χ4v) is 4.20. The molecule has 1 amide bonds. The number of aromatic nitrogens is 2. The summed E-state index contributed by atoms with van der Waals surface area (Å²) in [6.45, 7) is 11.9. The number of nitrogens with one attached hydrogen (secondary N) is 1. The van der Waals surface area contributed by atoms with E-state index in [4.69, 9.17) is 0 Å². The summed E-state index contributed by atoms with van der Waals surface area (Å²) in [7, 11) is 0. The lowest BCUT2D eigenvalue weighted by Gasteiger charge is -2.23. The van der Waals surface area contributed by atoms with E-state index >= 15 is 0 Å². The Morgan fingerprint density at radius 3 is 2.64 bits per heavy atom. The topological polar surface area (TPSA) is 49.6 Å². The van der Waals surface area contributed by atoms with Crippen LogP contribution in [-0.4, -0.2) is 45.9 Å². The number of nitrogens with zero attached hydrogens (tertiary/aromatic N) is 3. The van der Waals surface area contributed by atoms with Crippen molar-refractivity contribution >= 4 is 11.6 Å². The molecule has 2 aromatic rings. The van der Waals surface area contributed by atoms with Crippen LogP contribution in [0.4, 0.5) is 0 Å². The summed E-state index contributed by atoms with van der Waals surface area (Å²) in [4.78, 5) is 19.9. The molecule has 1 aliphatic heterocycles. The molecule has 2 fully saturated rings. The number of piperidine rings is 1. The smallest absolute Gasteiger partial charge is 0.255 e. The molecular weight excluding hydrogens is 312 g/mol. The van der Waals surface area contributed by atoms with Crippen molar-refractivity contribution in [2.24, 2.45) is 17.8 Å². The third-order valence-electron chi connectivity index (χ3n) is 5.97. The van der Waals surface area contributed by atoms with Gasteiger partial charge in [-0.2, -0.15) is 0 Å². The summed E-state index contributed by atoms with van der Waals surface area (Å²) in [6, 6.07) is 4.42. The summed E-state index contributed by atoms with van der Waals surface area (Å²) in [5.74, 6) is 2.56. The van der Waals surface area contributed by atoms with E-state index in [0.29, 0.717) is 23.4 Å². The fourth-order valence-electron chi connectivity index (χ4n) is 4.20. The molecule has 3 heterocycles. The molecule has 25 heavy (non-hydrogen) atoms. The number of likely N-dealkylation sites (tertiary alicyclic amines) is 1. The molecule has 0 spiro atoms. The molecule has 0 bridgehead atoms. The predicted octanol–water partition coefficient (Wildman–Crippen LogP) is 2.77. The van der Waals surface area contributed by atoms with Crippen LogP contribution in [0.25, 0.3) is 5.65 Å². The van der Waals surface area contributed by atoms with Crippen molar-refractivity contribution in [3.05, 3.63) is 35.8 Å². The normalized spacial score (nSPS) is 25.8. The van der Waals surface area contributed by atoms with Crippen molar-refractivity contribution in [3.8, 4) is 0 Å². The highest BCUT2D eigenvalue weighted by Crippen LogP contribution is 2.51. The summed E-state index contributed by atoms with van der Waals surface area (Å²) < 4.78 is 1.95. The Morgan fingerprint density at radius 1 is 1.28 bits per heavy atom. The van der Waals surface area contributed by atoms with Crippen molar-refractivity contribution in [1.82, 2.24) is 19.6 Å². The molecule has 2 unspecified atom stereocenters. The van der Waals surface area contributed by atoms with Gasteiger partial charge in [0.05, 0.1) is 11.3 Å². The molecule has 2 aromatic heterocycles. The first-order valence-electron chi connectivity index (χ1n) is 9.45. The molecule has 5 nitrogen and oxygen atoms in total. The minimum atomic E-state index is -0.00260. The van der Waals surface area contributed by atoms with Gasteiger partial charge < -0.3 is 14.6 Å². The Balaban J connectivity index is 1.40. The number of carbonyl (C=O) groups excluding carboxylic acids is 1. The maximum Gasteiger partial charge on any atom is 0.255 e. The quantitative estimate of drug-likeness (QED) is 0.910. The molecule has 4 rings (SSSR count). The highest BCUT2D eigenvalue weighted by molar-refractivity contribution is 5.99. The number of pyridine rings is 1. The van der Waals surface area contributed by atoms with E-state index in [1.165, 1.54) is 13.1 Å². The number of imidazole rings is 1. The number of hydrogen-bond acceptors (Lipinski definition) is 3. The zero-order valence-electron chi connectivity index (χ0n) is 15.6. The van der Waals surface area contributed by atoms with Gasteiger partial charge in [-0.05, 0) is 49.7 Å². The number of hydrogen-bond donors (Lipinski definition) is 1. The minimum Gasteiger partial charge on any atom is -0.352 e. The van der Waals surface area contributed by atoms with Gasteiger partial charge in [-0.1, -0.05) is 13.8 Å². The third-order valence-corrected chi connectivity index (χ3v) is 5.97. The standard InChI is InChI=1S/C20H28N4O/c1-12(2)18-11-23-7-5-6-14(19(23)22-18)20(25)21-8-15-16-9-24(13(3)4)10-17(15)16/h5-7,11-13,15-17H,8-10H2,1-4H3,(H,21,25). The van der Waals surface area contributed by atoms with E-state index in [9.17, 15) is 4.79 Å². The maximum absolute atomic E-state index is 12.7. The Kier molecular flexibility index (Phi) is 4.07. The molecule has 2 atom stereocenters. The predicted molar refractivity (Wildman–Crippen MR) is 98.8 cm³/mol. The number of rotatable bonds is 5. The monoisotopic (exact) mass is 340 g/mol. The van der Waals surface area contributed by atoms with Crippen LogP contribution >= 0.6 is 0 Å². The van der Waals surface area contributed by atoms with Crippen LogP contribution in [0.1, 0.15) is 49.7 Å². The second-order valence-corrected chi connectivity index (χ2v) is 8.22. The van der Waals surface area contributed by atoms with Crippen LogP contribution in [0.15, 0.2) is 24.5 Å². The second-order valence-electron chi connectivity index (χ2n) is 8.22. The van der Waals surface area contributed by atoms with Gasteiger partial charge in [0.1, 0.15) is 5.65 Å². The number of carbonyl (C=O) groups is 1. The zero-order valence-corrected chi connectivity index (χ0v) is 15.6. The molecule has 0 radical (unpaired) electrons. The van der Waals surface area contributed by atoms with Gasteiger partial charge in [-0.25, -0.2) is 4.98 Å². The van der Waals surface area contributed by atoms with Gasteiger partial charge in [-0.3, -0.25) is 4.79 Å². The van der Waals surface area contributed by atoms with Crippen molar-refractivity contribution in [3.63, 3.8) is 0 Å². The van der Waals surface area contributed by atoms with Crippen molar-refractivity contribution in [1.29, 1.82) is 0 Å². The molecule has 2 aliphatic rings. The van der Waals surface area contributed by atoms with Crippen LogP contribution in [0, 0.1) is 17.8 Å². The van der Waals surface area contributed by atoms with E-state index in [1.807, 2.05) is 28.9 Å². The highest BCUT2D eigenvalue weighted by Gasteiger charge is 2.55. The Hall–Kier alpha value is -1.88. The summed E-state index contributed by atoms with van der Waals surface area (Å²) in [5, 5.41) is 3.15. The van der Waals surface area contributed by atoms with Crippen LogP contribution in [-0.2, 0) is 0 Å². The summed E-state index contributed by atoms with van der Waals surface area (Å²) >= 11 is 0. The first kappa shape index (κ1) is 16.6. The Morgan fingerprint density at radius 2 is 2.00 bits per heavy atom. The minimum absolute atomic E-state index is 0.00260. The van der Waals surface area contributed by atoms with Crippen molar-refractivity contribution in [2.45, 2.75) is 39.7 Å². The van der Waals surface area contributed by atoms with Gasteiger partial charge >= 0.3 is 0 Å². The van der Waals surface area contributed by atoms with E-state index in [-0.39, 0.29) is 5.91 Å². The van der Waals surface area contributed by atoms with Gasteiger partial charge in [0.2, 0.25) is 0 Å². The van der Waals surface area contributed by atoms with Gasteiger partial charge in [0.25, 0.3) is 5.91 Å². The first-order valence-corrected chi connectivity index (χ1v) is 9.45. The Labute approximate surface area is 149 Å². The van der Waals surface area contributed by atoms with Crippen LogP contribution < -0.4 is 5.32 Å². The SMILES string of the molecule is CC(C)c1cn2cccc(C(=O)NCC3C4CN(C(C)C)CC34)c2n1. The molecule has 134 valence electrons. The average Bonchev–Trinajstić information content (AvgIpc) is 2.96. The average molecular weight is 340 g/mol. The van der Waals surface area contributed by atoms with Crippen molar-refractivity contribution in [2.75, 3.05) is 19.6 Å². The Bertz CT molecular complexity index is 782. The lowest BCUT2D eigenvalue weighted by molar-refractivity contribution is 0.0950. The van der Waals surface area contributed by atoms with Crippen LogP contribution in [0.5, 0.6) is 0 Å². The van der Waals surface area contributed by atoms with E-state index in [1.54, 1.807) is 0 Å². The fraction of sp³-hybridized carbons (Fsp3) is 0.600. The van der Waals surface area contributed by atoms with E-state index in [2.05, 4.69) is 42.9 Å². The molecule has 1 saturated carbocycles. The molecule has 0 aromatic carbocycles. The van der Waals surface area contributed by atoms with Crippen molar-refractivity contribution < 1.29 is 4.79 Å². The number of amides is 1. The van der Waals surface area contributed by atoms with Crippen LogP contribution in [0.3, 0.4) is 0 Å². The molecule has 1 aliphatic carbocycles. The molecule has 1 saturated heterocycles. The largest absolute Gasteiger partial charge is 0.352 e. The number of fused-ring (bicyclic) bond motifs is 2. The summed E-state index contributed by atoms with van der Waals surface area (Å²) in [5.41, 5.74) is 2.44. The lowest BCUT2D eigenvalue weighted by atomic mass is 10.2. The summed E-state index contributed by atoms with van der Waals surface area (Å²) in [6.07, 6.45) is 3.97. The molecule has 5 heteroatoms. The third kappa shape index (κ3) is 2.95. The van der Waals surface area contributed by atoms with Crippen LogP contribution in [0.2, 0.25) is 0 Å². The highest BCUT2D eigenvalue weighted by atomic mass is 16.1. The van der Waals surface area contributed by atoms with Gasteiger partial charge in [0, 0.05) is 38.1 Å². The molecule has 1 N–H and O–H groups in total. The van der Waals surface area contributed by atoms with Gasteiger partial charge in [-0.15, -0.1) is 0 Å². The zero-order chi connectivity index (χ0) is 17.7. The van der Waals surface area contributed by atoms with Gasteiger partial charge in [0.15, 0.2) is 0 Å². The maximum atomic E-state index is 12.7. The van der Waals surface area contributed by atoms with E-state index in [0.717, 1.165) is 29.7 Å². The van der Waals surface area contributed by atoms with E-state index < -0.39 is 0 Å².